The predicted octanol–water partition coefficient (Wildman–Crippen LogP) is 4.26. The standard InChI is InChI=1S/C23H23NO4/c25-22(26)21-14-9-11-15(12-10-14)24(21)23(27)28-13-20-18-7-3-1-5-16(18)17-6-2-4-8-19(17)20/h1-8,14-15,20-21H,9-13H2,(H,25,26). The lowest BCUT2D eigenvalue weighted by molar-refractivity contribution is -0.151. The lowest BCUT2D eigenvalue weighted by Crippen LogP contribution is -2.60. The zero-order chi connectivity index (χ0) is 19.3. The molecule has 2 heterocycles. The first-order chi connectivity index (χ1) is 13.6. The van der Waals surface area contributed by atoms with Gasteiger partial charge >= 0.3 is 12.1 Å². The summed E-state index contributed by atoms with van der Waals surface area (Å²) in [5.74, 6) is -0.882. The van der Waals surface area contributed by atoms with Crippen LogP contribution in [0.1, 0.15) is 42.7 Å². The molecule has 2 saturated heterocycles. The number of aliphatic carboxylic acids is 1. The molecule has 2 bridgehead atoms. The van der Waals surface area contributed by atoms with Crippen LogP contribution in [0.5, 0.6) is 0 Å². The van der Waals surface area contributed by atoms with Crippen LogP contribution in [0.4, 0.5) is 4.79 Å². The lowest BCUT2D eigenvalue weighted by atomic mass is 9.75. The van der Waals surface area contributed by atoms with Gasteiger partial charge in [-0.25, -0.2) is 9.59 Å². The quantitative estimate of drug-likeness (QED) is 0.868. The van der Waals surface area contributed by atoms with E-state index >= 15 is 0 Å². The summed E-state index contributed by atoms with van der Waals surface area (Å²) in [6, 6.07) is 15.6. The van der Waals surface area contributed by atoms with Crippen molar-refractivity contribution in [3.63, 3.8) is 0 Å². The first kappa shape index (κ1) is 17.3. The van der Waals surface area contributed by atoms with Crippen molar-refractivity contribution in [1.82, 2.24) is 4.90 Å². The van der Waals surface area contributed by atoms with E-state index in [0.717, 1.165) is 36.8 Å². The second-order valence-corrected chi connectivity index (χ2v) is 8.06. The second kappa shape index (κ2) is 6.66. The maximum atomic E-state index is 12.9. The highest BCUT2D eigenvalue weighted by atomic mass is 16.6. The summed E-state index contributed by atoms with van der Waals surface area (Å²) < 4.78 is 5.74. The Morgan fingerprint density at radius 3 is 2.07 bits per heavy atom. The number of fused-ring (bicyclic) bond motifs is 6. The van der Waals surface area contributed by atoms with Crippen molar-refractivity contribution in [1.29, 1.82) is 0 Å². The molecular formula is C23H23NO4. The van der Waals surface area contributed by atoms with Crippen molar-refractivity contribution in [3.05, 3.63) is 59.7 Å². The first-order valence-corrected chi connectivity index (χ1v) is 10.0. The average molecular weight is 377 g/mol. The molecule has 144 valence electrons. The molecule has 2 aliphatic carbocycles. The van der Waals surface area contributed by atoms with Crippen LogP contribution in [0, 0.1) is 5.92 Å². The van der Waals surface area contributed by atoms with Gasteiger partial charge in [0.1, 0.15) is 12.6 Å². The number of amides is 1. The Bertz CT molecular complexity index is 886. The highest BCUT2D eigenvalue weighted by Gasteiger charge is 2.48. The third-order valence-electron chi connectivity index (χ3n) is 6.68. The van der Waals surface area contributed by atoms with Gasteiger partial charge in [-0.15, -0.1) is 0 Å². The number of piperidine rings is 2. The van der Waals surface area contributed by atoms with Crippen LogP contribution in [0.3, 0.4) is 0 Å². The molecule has 2 aromatic rings. The van der Waals surface area contributed by atoms with Gasteiger partial charge in [0.05, 0.1) is 0 Å². The molecule has 0 spiro atoms. The van der Waals surface area contributed by atoms with Gasteiger partial charge in [-0.2, -0.15) is 0 Å². The zero-order valence-electron chi connectivity index (χ0n) is 15.6. The molecular weight excluding hydrogens is 354 g/mol. The monoisotopic (exact) mass is 377 g/mol. The van der Waals surface area contributed by atoms with Crippen LogP contribution >= 0.6 is 0 Å². The number of hydrogen-bond acceptors (Lipinski definition) is 3. The van der Waals surface area contributed by atoms with Gasteiger partial charge in [0.25, 0.3) is 0 Å². The number of carbonyl (C=O) groups excluding carboxylic acids is 1. The van der Waals surface area contributed by atoms with Gasteiger partial charge in [-0.1, -0.05) is 48.5 Å². The minimum Gasteiger partial charge on any atom is -0.480 e. The van der Waals surface area contributed by atoms with E-state index in [4.69, 9.17) is 4.74 Å². The number of carbonyl (C=O) groups is 2. The molecule has 1 saturated carbocycles. The van der Waals surface area contributed by atoms with Crippen LogP contribution in [0.15, 0.2) is 48.5 Å². The molecule has 4 aliphatic rings. The summed E-state index contributed by atoms with van der Waals surface area (Å²) in [5.41, 5.74) is 4.68. The summed E-state index contributed by atoms with van der Waals surface area (Å²) >= 11 is 0. The van der Waals surface area contributed by atoms with Crippen LogP contribution in [0.2, 0.25) is 0 Å². The number of hydrogen-bond donors (Lipinski definition) is 1. The van der Waals surface area contributed by atoms with Gasteiger partial charge in [0.2, 0.25) is 0 Å². The smallest absolute Gasteiger partial charge is 0.410 e. The average Bonchev–Trinajstić information content (AvgIpc) is 3.06. The molecule has 1 atom stereocenters. The SMILES string of the molecule is O=C(O)C1C2CCC(CC2)N1C(=O)OCC1c2ccccc2-c2ccccc21. The van der Waals surface area contributed by atoms with Crippen LogP contribution < -0.4 is 0 Å². The Morgan fingerprint density at radius 1 is 0.929 bits per heavy atom. The molecule has 1 unspecified atom stereocenters. The largest absolute Gasteiger partial charge is 0.480 e. The summed E-state index contributed by atoms with van der Waals surface area (Å²) in [7, 11) is 0. The number of nitrogens with zero attached hydrogens (tertiary/aromatic N) is 1. The van der Waals surface area contributed by atoms with Gasteiger partial charge in [0.15, 0.2) is 0 Å². The summed E-state index contributed by atoms with van der Waals surface area (Å²) in [6.07, 6.45) is 3.03. The number of carboxylic acids is 1. The maximum Gasteiger partial charge on any atom is 0.410 e. The number of ether oxygens (including phenoxy) is 1. The second-order valence-electron chi connectivity index (χ2n) is 8.06. The van der Waals surface area contributed by atoms with E-state index in [1.165, 1.54) is 16.0 Å². The predicted molar refractivity (Wildman–Crippen MR) is 104 cm³/mol. The maximum absolute atomic E-state index is 12.9. The summed E-state index contributed by atoms with van der Waals surface area (Å²) in [4.78, 5) is 26.2. The van der Waals surface area contributed by atoms with Crippen molar-refractivity contribution >= 4 is 12.1 Å². The minimum atomic E-state index is -0.914. The lowest BCUT2D eigenvalue weighted by Gasteiger charge is -2.48. The molecule has 5 nitrogen and oxygen atoms in total. The van der Waals surface area contributed by atoms with E-state index in [0.29, 0.717) is 0 Å². The van der Waals surface area contributed by atoms with Gasteiger partial charge in [0, 0.05) is 12.0 Å². The van der Waals surface area contributed by atoms with E-state index in [1.54, 1.807) is 0 Å². The van der Waals surface area contributed by atoms with Crippen LogP contribution in [-0.4, -0.2) is 40.8 Å². The summed E-state index contributed by atoms with van der Waals surface area (Å²) in [5, 5.41) is 9.67. The van der Waals surface area contributed by atoms with E-state index in [-0.39, 0.29) is 24.5 Å². The van der Waals surface area contributed by atoms with Crippen molar-refractivity contribution in [2.75, 3.05) is 6.61 Å². The third kappa shape index (κ3) is 2.60. The van der Waals surface area contributed by atoms with Gasteiger partial charge in [-0.05, 0) is 53.9 Å². The molecule has 5 heteroatoms. The normalized spacial score (nSPS) is 25.3. The fraction of sp³-hybridized carbons (Fsp3) is 0.391. The number of carboxylic acid groups (broad SMARTS) is 1. The molecule has 0 radical (unpaired) electrons. The molecule has 6 rings (SSSR count). The Labute approximate surface area is 163 Å². The molecule has 2 aliphatic heterocycles. The molecule has 28 heavy (non-hydrogen) atoms. The highest BCUT2D eigenvalue weighted by Crippen LogP contribution is 2.45. The molecule has 2 aromatic carbocycles. The van der Waals surface area contributed by atoms with E-state index < -0.39 is 18.1 Å². The third-order valence-corrected chi connectivity index (χ3v) is 6.68. The Morgan fingerprint density at radius 2 is 1.50 bits per heavy atom. The molecule has 3 fully saturated rings. The summed E-state index contributed by atoms with van der Waals surface area (Å²) in [6.45, 7) is 0.229. The zero-order valence-corrected chi connectivity index (χ0v) is 15.6. The number of benzene rings is 2. The van der Waals surface area contributed by atoms with Crippen molar-refractivity contribution < 1.29 is 19.4 Å². The molecule has 1 N–H and O–H groups in total. The Balaban J connectivity index is 1.38. The topological polar surface area (TPSA) is 66.8 Å². The van der Waals surface area contributed by atoms with Crippen molar-refractivity contribution in [2.24, 2.45) is 5.92 Å². The molecule has 1 amide bonds. The van der Waals surface area contributed by atoms with Crippen LogP contribution in [0.25, 0.3) is 11.1 Å². The van der Waals surface area contributed by atoms with Gasteiger partial charge in [-0.3, -0.25) is 4.90 Å². The molecule has 0 aromatic heterocycles. The minimum absolute atomic E-state index is 0.0123. The van der Waals surface area contributed by atoms with Crippen molar-refractivity contribution in [2.45, 2.75) is 43.7 Å². The van der Waals surface area contributed by atoms with Crippen LogP contribution in [-0.2, 0) is 9.53 Å². The van der Waals surface area contributed by atoms with Crippen molar-refractivity contribution in [3.8, 4) is 11.1 Å². The Hall–Kier alpha value is -2.82. The fourth-order valence-corrected chi connectivity index (χ4v) is 5.40. The van der Waals surface area contributed by atoms with Gasteiger partial charge < -0.3 is 9.84 Å². The Kier molecular flexibility index (Phi) is 4.11. The fourth-order valence-electron chi connectivity index (χ4n) is 5.40. The van der Waals surface area contributed by atoms with E-state index in [9.17, 15) is 14.7 Å². The highest BCUT2D eigenvalue weighted by molar-refractivity contribution is 5.82. The first-order valence-electron chi connectivity index (χ1n) is 10.0. The number of rotatable bonds is 3. The van der Waals surface area contributed by atoms with E-state index in [2.05, 4.69) is 24.3 Å². The van der Waals surface area contributed by atoms with E-state index in [1.807, 2.05) is 24.3 Å².